The topological polar surface area (TPSA) is 24.5 Å². The predicted octanol–water partition coefficient (Wildman–Crippen LogP) is 2.76. The van der Waals surface area contributed by atoms with E-state index in [1.807, 2.05) is 0 Å². The molecule has 0 bridgehead atoms. The molecule has 1 atom stereocenters. The van der Waals surface area contributed by atoms with Crippen LogP contribution < -0.4 is 5.32 Å². The number of nitrogens with zero attached hydrogens (tertiary/aromatic N) is 1. The molecule has 0 aliphatic carbocycles. The molecule has 0 aromatic rings. The average molecular weight is 258 g/mol. The summed E-state index contributed by atoms with van der Waals surface area (Å²) < 4.78 is 5.43. The van der Waals surface area contributed by atoms with Crippen molar-refractivity contribution >= 4 is 0 Å². The maximum Gasteiger partial charge on any atom is 0.0634 e. The number of methoxy groups -OCH3 is 1. The van der Waals surface area contributed by atoms with Crippen LogP contribution in [-0.2, 0) is 4.74 Å². The van der Waals surface area contributed by atoms with Crippen LogP contribution in [0.4, 0.5) is 0 Å². The van der Waals surface area contributed by atoms with Gasteiger partial charge >= 0.3 is 0 Å². The van der Waals surface area contributed by atoms with Gasteiger partial charge in [0.25, 0.3) is 0 Å². The van der Waals surface area contributed by atoms with Gasteiger partial charge in [0.2, 0.25) is 0 Å². The maximum atomic E-state index is 5.43. The molecular formula is C15H34N2O. The molecule has 0 amide bonds. The third kappa shape index (κ3) is 6.72. The Balaban J connectivity index is 4.06. The molecular weight excluding hydrogens is 224 g/mol. The molecule has 110 valence electrons. The van der Waals surface area contributed by atoms with E-state index in [4.69, 9.17) is 4.74 Å². The summed E-state index contributed by atoms with van der Waals surface area (Å²) >= 11 is 0. The largest absolute Gasteiger partial charge is 0.379 e. The van der Waals surface area contributed by atoms with Crippen molar-refractivity contribution in [1.29, 1.82) is 0 Å². The van der Waals surface area contributed by atoms with Crippen LogP contribution in [0.25, 0.3) is 0 Å². The van der Waals surface area contributed by atoms with E-state index in [9.17, 15) is 0 Å². The number of nitrogens with one attached hydrogen (secondary N) is 1. The van der Waals surface area contributed by atoms with E-state index < -0.39 is 0 Å². The second kappa shape index (κ2) is 8.89. The molecule has 0 aromatic heterocycles. The molecule has 1 N–H and O–H groups in total. The number of hydrogen-bond acceptors (Lipinski definition) is 3. The molecule has 0 aromatic carbocycles. The summed E-state index contributed by atoms with van der Waals surface area (Å²) in [6, 6.07) is 0.630. The summed E-state index contributed by atoms with van der Waals surface area (Å²) in [5.41, 5.74) is -0.0183. The Bertz CT molecular complexity index is 201. The molecule has 0 saturated heterocycles. The smallest absolute Gasteiger partial charge is 0.0634 e. The summed E-state index contributed by atoms with van der Waals surface area (Å²) in [4.78, 5) is 2.35. The standard InChI is InChI=1S/C15H34N2O/c1-8-13(9-2)14(17(5)6)12-16-11-10-15(3,4)18-7/h13-14,16H,8-12H2,1-7H3. The molecule has 18 heavy (non-hydrogen) atoms. The van der Waals surface area contributed by atoms with Gasteiger partial charge in [-0.1, -0.05) is 26.7 Å². The molecule has 0 rings (SSSR count). The van der Waals surface area contributed by atoms with Crippen LogP contribution in [0.2, 0.25) is 0 Å². The van der Waals surface area contributed by atoms with Crippen LogP contribution in [0.1, 0.15) is 47.0 Å². The SMILES string of the molecule is CCC(CC)C(CNCCC(C)(C)OC)N(C)C. The van der Waals surface area contributed by atoms with Crippen LogP contribution >= 0.6 is 0 Å². The number of hydrogen-bond donors (Lipinski definition) is 1. The number of ether oxygens (including phenoxy) is 1. The van der Waals surface area contributed by atoms with Gasteiger partial charge in [0, 0.05) is 19.7 Å². The highest BCUT2D eigenvalue weighted by molar-refractivity contribution is 4.78. The molecule has 1 unspecified atom stereocenters. The van der Waals surface area contributed by atoms with E-state index in [0.717, 1.165) is 25.4 Å². The highest BCUT2D eigenvalue weighted by Gasteiger charge is 2.21. The van der Waals surface area contributed by atoms with Crippen molar-refractivity contribution in [1.82, 2.24) is 10.2 Å². The lowest BCUT2D eigenvalue weighted by atomic mass is 9.93. The Kier molecular flexibility index (Phi) is 8.83. The van der Waals surface area contributed by atoms with Crippen molar-refractivity contribution in [2.75, 3.05) is 34.3 Å². The third-order valence-electron chi connectivity index (χ3n) is 4.07. The van der Waals surface area contributed by atoms with E-state index in [2.05, 4.69) is 52.0 Å². The minimum atomic E-state index is -0.0183. The number of likely N-dealkylation sites (N-methyl/N-ethyl adjacent to an activating group) is 1. The fourth-order valence-electron chi connectivity index (χ4n) is 2.35. The molecule has 0 aliphatic rings. The second-order valence-electron chi connectivity index (χ2n) is 6.03. The maximum absolute atomic E-state index is 5.43. The zero-order valence-corrected chi connectivity index (χ0v) is 13.5. The third-order valence-corrected chi connectivity index (χ3v) is 4.07. The Morgan fingerprint density at radius 2 is 1.72 bits per heavy atom. The molecule has 0 heterocycles. The Hall–Kier alpha value is -0.120. The van der Waals surface area contributed by atoms with Crippen molar-refractivity contribution in [3.05, 3.63) is 0 Å². The van der Waals surface area contributed by atoms with Gasteiger partial charge in [-0.3, -0.25) is 0 Å². The number of rotatable bonds is 10. The van der Waals surface area contributed by atoms with Gasteiger partial charge < -0.3 is 15.0 Å². The van der Waals surface area contributed by atoms with Gasteiger partial charge in [0.05, 0.1) is 5.60 Å². The molecule has 3 heteroatoms. The molecule has 0 saturated carbocycles. The first-order valence-electron chi connectivity index (χ1n) is 7.30. The summed E-state index contributed by atoms with van der Waals surface area (Å²) in [6.07, 6.45) is 3.56. The first kappa shape index (κ1) is 17.9. The zero-order valence-electron chi connectivity index (χ0n) is 13.5. The van der Waals surface area contributed by atoms with Gasteiger partial charge in [-0.25, -0.2) is 0 Å². The lowest BCUT2D eigenvalue weighted by Gasteiger charge is -2.32. The summed E-state index contributed by atoms with van der Waals surface area (Å²) in [5, 5.41) is 3.58. The summed E-state index contributed by atoms with van der Waals surface area (Å²) in [6.45, 7) is 10.9. The molecule has 0 aliphatic heterocycles. The van der Waals surface area contributed by atoms with Crippen molar-refractivity contribution in [2.45, 2.75) is 58.6 Å². The van der Waals surface area contributed by atoms with Crippen molar-refractivity contribution < 1.29 is 4.74 Å². The van der Waals surface area contributed by atoms with E-state index in [-0.39, 0.29) is 5.60 Å². The lowest BCUT2D eigenvalue weighted by Crippen LogP contribution is -2.44. The van der Waals surface area contributed by atoms with E-state index in [1.54, 1.807) is 7.11 Å². The van der Waals surface area contributed by atoms with Crippen LogP contribution in [0.5, 0.6) is 0 Å². The first-order chi connectivity index (χ1) is 8.37. The van der Waals surface area contributed by atoms with Crippen LogP contribution in [0.3, 0.4) is 0 Å². The van der Waals surface area contributed by atoms with Crippen LogP contribution in [0.15, 0.2) is 0 Å². The molecule has 3 nitrogen and oxygen atoms in total. The average Bonchev–Trinajstić information content (AvgIpc) is 2.33. The van der Waals surface area contributed by atoms with Gasteiger partial charge in [-0.05, 0) is 46.8 Å². The monoisotopic (exact) mass is 258 g/mol. The Morgan fingerprint density at radius 1 is 1.17 bits per heavy atom. The summed E-state index contributed by atoms with van der Waals surface area (Å²) in [7, 11) is 6.15. The normalized spacial score (nSPS) is 14.5. The Morgan fingerprint density at radius 3 is 2.11 bits per heavy atom. The van der Waals surface area contributed by atoms with Crippen molar-refractivity contribution in [2.24, 2.45) is 5.92 Å². The zero-order chi connectivity index (χ0) is 14.2. The summed E-state index contributed by atoms with van der Waals surface area (Å²) in [5.74, 6) is 0.780. The van der Waals surface area contributed by atoms with E-state index in [0.29, 0.717) is 6.04 Å². The second-order valence-corrected chi connectivity index (χ2v) is 6.03. The van der Waals surface area contributed by atoms with Gasteiger partial charge in [0.15, 0.2) is 0 Å². The predicted molar refractivity (Wildman–Crippen MR) is 80.1 cm³/mol. The minimum absolute atomic E-state index is 0.0183. The molecule has 0 spiro atoms. The Labute approximate surface area is 114 Å². The van der Waals surface area contributed by atoms with E-state index in [1.165, 1.54) is 12.8 Å². The quantitative estimate of drug-likeness (QED) is 0.610. The molecule has 0 radical (unpaired) electrons. The van der Waals surface area contributed by atoms with E-state index >= 15 is 0 Å². The van der Waals surface area contributed by atoms with Crippen LogP contribution in [-0.4, -0.2) is 50.8 Å². The fourth-order valence-corrected chi connectivity index (χ4v) is 2.35. The fraction of sp³-hybridized carbons (Fsp3) is 1.00. The highest BCUT2D eigenvalue weighted by Crippen LogP contribution is 2.16. The van der Waals surface area contributed by atoms with Crippen molar-refractivity contribution in [3.8, 4) is 0 Å². The molecule has 0 fully saturated rings. The van der Waals surface area contributed by atoms with Crippen LogP contribution in [0, 0.1) is 5.92 Å². The first-order valence-corrected chi connectivity index (χ1v) is 7.30. The van der Waals surface area contributed by atoms with Gasteiger partial charge in [-0.2, -0.15) is 0 Å². The van der Waals surface area contributed by atoms with Gasteiger partial charge in [0.1, 0.15) is 0 Å². The van der Waals surface area contributed by atoms with Crippen molar-refractivity contribution in [3.63, 3.8) is 0 Å². The minimum Gasteiger partial charge on any atom is -0.379 e. The van der Waals surface area contributed by atoms with Gasteiger partial charge in [-0.15, -0.1) is 0 Å². The highest BCUT2D eigenvalue weighted by atomic mass is 16.5. The lowest BCUT2D eigenvalue weighted by molar-refractivity contribution is 0.0154.